The largest absolute Gasteiger partial charge is 0.338 e. The van der Waals surface area contributed by atoms with Gasteiger partial charge >= 0.3 is 0 Å². The van der Waals surface area contributed by atoms with Crippen molar-refractivity contribution >= 4 is 11.6 Å². The van der Waals surface area contributed by atoms with E-state index >= 15 is 0 Å². The van der Waals surface area contributed by atoms with Gasteiger partial charge in [-0.05, 0) is 17.7 Å². The number of rotatable bonds is 5. The van der Waals surface area contributed by atoms with Gasteiger partial charge in [0.05, 0.1) is 13.1 Å². The van der Waals surface area contributed by atoms with E-state index in [0.29, 0.717) is 36.2 Å². The Morgan fingerprint density at radius 3 is 3.05 bits per heavy atom. The third-order valence-corrected chi connectivity index (χ3v) is 2.73. The van der Waals surface area contributed by atoms with Crippen LogP contribution in [0.15, 0.2) is 22.7 Å². The Morgan fingerprint density at radius 2 is 2.32 bits per heavy atom. The van der Waals surface area contributed by atoms with Gasteiger partial charge < -0.3 is 4.52 Å². The third kappa shape index (κ3) is 3.78. The lowest BCUT2D eigenvalue weighted by atomic mass is 10.1. The summed E-state index contributed by atoms with van der Waals surface area (Å²) >= 11 is 5.93. The van der Waals surface area contributed by atoms with Gasteiger partial charge in [0.2, 0.25) is 5.89 Å². The molecule has 0 radical (unpaired) electrons. The van der Waals surface area contributed by atoms with Crippen molar-refractivity contribution in [2.24, 2.45) is 0 Å². The molecule has 1 N–H and O–H groups in total. The van der Waals surface area contributed by atoms with Crippen LogP contribution >= 0.6 is 11.6 Å². The van der Waals surface area contributed by atoms with Crippen LogP contribution in [0, 0.1) is 18.2 Å². The molecule has 4 nitrogen and oxygen atoms in total. The molecule has 0 aliphatic rings. The lowest BCUT2D eigenvalue weighted by Gasteiger charge is -2.00. The number of terminal acetylenes is 1. The molecule has 1 heterocycles. The minimum Gasteiger partial charge on any atom is -0.338 e. The summed E-state index contributed by atoms with van der Waals surface area (Å²) < 4.78 is 17.9. The fourth-order valence-electron chi connectivity index (χ4n) is 1.51. The topological polar surface area (TPSA) is 51.0 Å². The summed E-state index contributed by atoms with van der Waals surface area (Å²) in [6.07, 6.45) is 5.49. The molecule has 1 aromatic heterocycles. The molecule has 2 rings (SSSR count). The summed E-state index contributed by atoms with van der Waals surface area (Å²) in [7, 11) is 0. The Labute approximate surface area is 115 Å². The van der Waals surface area contributed by atoms with Gasteiger partial charge in [0.15, 0.2) is 5.82 Å². The lowest BCUT2D eigenvalue weighted by Crippen LogP contribution is -2.13. The van der Waals surface area contributed by atoms with Crippen molar-refractivity contribution in [2.75, 3.05) is 6.54 Å². The Hall–Kier alpha value is -1.90. The molecule has 0 amide bonds. The Kier molecular flexibility index (Phi) is 4.50. The first-order valence-electron chi connectivity index (χ1n) is 5.58. The summed E-state index contributed by atoms with van der Waals surface area (Å²) in [6.45, 7) is 0.843. The Bertz CT molecular complexity index is 606. The molecule has 2 aromatic rings. The fraction of sp³-hybridized carbons (Fsp3) is 0.231. The molecular weight excluding hydrogens is 269 g/mol. The Morgan fingerprint density at radius 1 is 1.47 bits per heavy atom. The van der Waals surface area contributed by atoms with E-state index in [1.807, 2.05) is 0 Å². The first kappa shape index (κ1) is 13.5. The summed E-state index contributed by atoms with van der Waals surface area (Å²) in [4.78, 5) is 4.18. The second kappa shape index (κ2) is 6.32. The van der Waals surface area contributed by atoms with Gasteiger partial charge in [-0.15, -0.1) is 6.42 Å². The number of benzene rings is 1. The molecule has 6 heteroatoms. The van der Waals surface area contributed by atoms with E-state index < -0.39 is 0 Å². The van der Waals surface area contributed by atoms with Gasteiger partial charge in [-0.25, -0.2) is 4.39 Å². The van der Waals surface area contributed by atoms with E-state index in [9.17, 15) is 4.39 Å². The van der Waals surface area contributed by atoms with Crippen LogP contribution in [-0.2, 0) is 13.0 Å². The van der Waals surface area contributed by atoms with E-state index in [1.54, 1.807) is 6.07 Å². The third-order valence-electron chi connectivity index (χ3n) is 2.38. The molecule has 1 aromatic carbocycles. The minimum atomic E-state index is -0.374. The molecule has 0 bridgehead atoms. The van der Waals surface area contributed by atoms with Crippen LogP contribution in [-0.4, -0.2) is 16.7 Å². The molecule has 98 valence electrons. The quantitative estimate of drug-likeness (QED) is 0.673. The maximum absolute atomic E-state index is 12.9. The predicted molar refractivity (Wildman–Crippen MR) is 69.1 cm³/mol. The molecule has 0 saturated heterocycles. The summed E-state index contributed by atoms with van der Waals surface area (Å²) in [5.41, 5.74) is 0.743. The van der Waals surface area contributed by atoms with Crippen LogP contribution < -0.4 is 5.32 Å². The zero-order chi connectivity index (χ0) is 13.7. The monoisotopic (exact) mass is 279 g/mol. The number of halogens is 2. The van der Waals surface area contributed by atoms with Crippen LogP contribution in [0.3, 0.4) is 0 Å². The van der Waals surface area contributed by atoms with Gasteiger partial charge in [0.25, 0.3) is 0 Å². The standard InChI is InChI=1S/C13H11ClFN3O/c1-2-5-16-8-13-17-12(18-19-13)6-9-3-4-10(15)7-11(9)14/h1,3-4,7,16H,5-6,8H2. The van der Waals surface area contributed by atoms with Crippen molar-refractivity contribution in [2.45, 2.75) is 13.0 Å². The van der Waals surface area contributed by atoms with Gasteiger partial charge in [0, 0.05) is 11.4 Å². The van der Waals surface area contributed by atoms with Crippen molar-refractivity contribution in [3.8, 4) is 12.3 Å². The number of nitrogens with one attached hydrogen (secondary N) is 1. The maximum atomic E-state index is 12.9. The van der Waals surface area contributed by atoms with Gasteiger partial charge in [-0.3, -0.25) is 5.32 Å². The number of hydrogen-bond donors (Lipinski definition) is 1. The maximum Gasteiger partial charge on any atom is 0.240 e. The second-order valence-electron chi connectivity index (χ2n) is 3.82. The highest BCUT2D eigenvalue weighted by atomic mass is 35.5. The zero-order valence-electron chi connectivity index (χ0n) is 9.99. The van der Waals surface area contributed by atoms with Crippen LogP contribution in [0.4, 0.5) is 4.39 Å². The first-order chi connectivity index (χ1) is 9.19. The second-order valence-corrected chi connectivity index (χ2v) is 4.23. The molecule has 0 fully saturated rings. The van der Waals surface area contributed by atoms with Crippen LogP contribution in [0.1, 0.15) is 17.3 Å². The van der Waals surface area contributed by atoms with E-state index in [4.69, 9.17) is 22.5 Å². The van der Waals surface area contributed by atoms with Crippen molar-refractivity contribution in [3.63, 3.8) is 0 Å². The molecule has 0 unspecified atom stereocenters. The van der Waals surface area contributed by atoms with Gasteiger partial charge in [-0.2, -0.15) is 4.98 Å². The molecule has 19 heavy (non-hydrogen) atoms. The van der Waals surface area contributed by atoms with Gasteiger partial charge in [0.1, 0.15) is 5.82 Å². The highest BCUT2D eigenvalue weighted by molar-refractivity contribution is 6.31. The smallest absolute Gasteiger partial charge is 0.240 e. The van der Waals surface area contributed by atoms with E-state index in [2.05, 4.69) is 21.4 Å². The molecular formula is C13H11ClFN3O. The van der Waals surface area contributed by atoms with Crippen molar-refractivity contribution in [3.05, 3.63) is 46.3 Å². The van der Waals surface area contributed by atoms with E-state index in [0.717, 1.165) is 5.56 Å². The number of nitrogens with zero attached hydrogens (tertiary/aromatic N) is 2. The highest BCUT2D eigenvalue weighted by Crippen LogP contribution is 2.19. The predicted octanol–water partition coefficient (Wildman–Crippen LogP) is 2.18. The Balaban J connectivity index is 2.01. The summed E-state index contributed by atoms with van der Waals surface area (Å²) in [5.74, 6) is 3.01. The van der Waals surface area contributed by atoms with Crippen LogP contribution in [0.2, 0.25) is 5.02 Å². The average molecular weight is 280 g/mol. The van der Waals surface area contributed by atoms with Crippen LogP contribution in [0.25, 0.3) is 0 Å². The highest BCUT2D eigenvalue weighted by Gasteiger charge is 2.09. The molecule has 0 aliphatic carbocycles. The number of aromatic nitrogens is 2. The summed E-state index contributed by atoms with van der Waals surface area (Å²) in [6, 6.07) is 4.20. The molecule has 0 aliphatic heterocycles. The van der Waals surface area contributed by atoms with E-state index in [1.165, 1.54) is 12.1 Å². The lowest BCUT2D eigenvalue weighted by molar-refractivity contribution is 0.366. The number of hydrogen-bond acceptors (Lipinski definition) is 4. The molecule has 0 saturated carbocycles. The van der Waals surface area contributed by atoms with E-state index in [-0.39, 0.29) is 5.82 Å². The summed E-state index contributed by atoms with van der Waals surface area (Å²) in [5, 5.41) is 7.11. The molecule has 0 spiro atoms. The van der Waals surface area contributed by atoms with Gasteiger partial charge in [-0.1, -0.05) is 28.7 Å². The SMILES string of the molecule is C#CCNCc1nc(Cc2ccc(F)cc2Cl)no1. The van der Waals surface area contributed by atoms with Crippen molar-refractivity contribution < 1.29 is 8.91 Å². The average Bonchev–Trinajstić information content (AvgIpc) is 2.81. The van der Waals surface area contributed by atoms with Crippen LogP contribution in [0.5, 0.6) is 0 Å². The first-order valence-corrected chi connectivity index (χ1v) is 5.96. The van der Waals surface area contributed by atoms with Crippen molar-refractivity contribution in [1.29, 1.82) is 0 Å². The van der Waals surface area contributed by atoms with Crippen molar-refractivity contribution in [1.82, 2.24) is 15.5 Å². The fourth-order valence-corrected chi connectivity index (χ4v) is 1.74. The zero-order valence-corrected chi connectivity index (χ0v) is 10.7. The minimum absolute atomic E-state index is 0.344. The molecule has 0 atom stereocenters. The normalized spacial score (nSPS) is 10.4.